The highest BCUT2D eigenvalue weighted by Gasteiger charge is 2.30. The average molecular weight is 1400 g/mol. The van der Waals surface area contributed by atoms with Crippen LogP contribution in [0.15, 0.2) is 0 Å². The molecule has 0 amide bonds. The summed E-state index contributed by atoms with van der Waals surface area (Å²) in [5.41, 5.74) is 0. The first-order valence-corrected chi connectivity index (χ1v) is 42.3. The highest BCUT2D eigenvalue weighted by atomic mass is 31.2. The summed E-state index contributed by atoms with van der Waals surface area (Å²) in [6, 6.07) is 0. The quantitative estimate of drug-likeness (QED) is 0.0222. The second kappa shape index (κ2) is 66.6. The van der Waals surface area contributed by atoms with Crippen LogP contribution in [-0.4, -0.2) is 96.7 Å². The Labute approximate surface area is 581 Å². The number of unbranched alkanes of at least 4 members (excludes halogenated alkanes) is 42. The number of aliphatic hydroxyl groups excluding tert-OH is 1. The molecule has 0 fully saturated rings. The lowest BCUT2D eigenvalue weighted by Crippen LogP contribution is -2.30. The molecule has 0 spiro atoms. The molecule has 0 bridgehead atoms. The van der Waals surface area contributed by atoms with Gasteiger partial charge in [-0.05, 0) is 43.4 Å². The van der Waals surface area contributed by atoms with Crippen LogP contribution in [0.3, 0.4) is 0 Å². The van der Waals surface area contributed by atoms with Crippen molar-refractivity contribution < 1.29 is 80.2 Å². The van der Waals surface area contributed by atoms with Gasteiger partial charge in [0.05, 0.1) is 26.4 Å². The van der Waals surface area contributed by atoms with Gasteiger partial charge >= 0.3 is 39.5 Å². The van der Waals surface area contributed by atoms with Crippen LogP contribution in [0.1, 0.15) is 389 Å². The summed E-state index contributed by atoms with van der Waals surface area (Å²) in [7, 11) is -9.91. The molecule has 0 radical (unpaired) electrons. The third kappa shape index (κ3) is 70.3. The van der Waals surface area contributed by atoms with Crippen LogP contribution in [0.25, 0.3) is 0 Å². The fraction of sp³-hybridized carbons (Fsp3) is 0.947. The maximum absolute atomic E-state index is 13.1. The van der Waals surface area contributed by atoms with Crippen LogP contribution in [0.5, 0.6) is 0 Å². The van der Waals surface area contributed by atoms with E-state index in [9.17, 15) is 43.2 Å². The van der Waals surface area contributed by atoms with E-state index in [1.807, 2.05) is 0 Å². The van der Waals surface area contributed by atoms with Crippen LogP contribution >= 0.6 is 15.6 Å². The van der Waals surface area contributed by atoms with Gasteiger partial charge in [0, 0.05) is 25.7 Å². The van der Waals surface area contributed by atoms with Crippen LogP contribution < -0.4 is 0 Å². The van der Waals surface area contributed by atoms with E-state index in [-0.39, 0.29) is 25.7 Å². The van der Waals surface area contributed by atoms with Crippen LogP contribution in [0.2, 0.25) is 0 Å². The molecule has 0 aromatic rings. The maximum Gasteiger partial charge on any atom is 0.472 e. The number of carbonyl (C=O) groups excluding carboxylic acids is 4. The Hall–Kier alpha value is -1.94. The van der Waals surface area contributed by atoms with Gasteiger partial charge in [0.25, 0.3) is 0 Å². The Bertz CT molecular complexity index is 1850. The minimum atomic E-state index is -4.96. The van der Waals surface area contributed by atoms with E-state index in [2.05, 4.69) is 48.5 Å². The number of rotatable bonds is 74. The van der Waals surface area contributed by atoms with Gasteiger partial charge in [-0.15, -0.1) is 0 Å². The number of hydrogen-bond donors (Lipinski definition) is 3. The van der Waals surface area contributed by atoms with E-state index in [1.165, 1.54) is 193 Å². The largest absolute Gasteiger partial charge is 0.472 e. The van der Waals surface area contributed by atoms with Gasteiger partial charge in [-0.25, -0.2) is 9.13 Å². The van der Waals surface area contributed by atoms with E-state index in [0.29, 0.717) is 31.6 Å². The molecule has 0 aromatic carbocycles. The SMILES string of the molecule is CCCCCCCCCCCCCCCCCCCC(=O)OC[C@H](COP(=O)(O)OC[C@@H](O)COP(=O)(O)OC[C@@H](COC(=O)CCCCCCCCCC(C)C)OC(=O)CCCCCCCCCCC(C)C)OC(=O)CCCCCCCCCCCCCCCCC(C)C. The molecule has 0 rings (SSSR count). The summed E-state index contributed by atoms with van der Waals surface area (Å²) in [6.45, 7) is 11.8. The van der Waals surface area contributed by atoms with Gasteiger partial charge in [0.2, 0.25) is 0 Å². The molecule has 0 aliphatic rings. The Morgan fingerprint density at radius 2 is 0.484 bits per heavy atom. The predicted molar refractivity (Wildman–Crippen MR) is 386 cm³/mol. The zero-order valence-electron chi connectivity index (χ0n) is 62.1. The van der Waals surface area contributed by atoms with Crippen molar-refractivity contribution in [3.05, 3.63) is 0 Å². The molecule has 19 heteroatoms. The lowest BCUT2D eigenvalue weighted by Gasteiger charge is -2.21. The number of phosphoric acid groups is 2. The third-order valence-electron chi connectivity index (χ3n) is 17.6. The van der Waals surface area contributed by atoms with Crippen molar-refractivity contribution in [2.45, 2.75) is 407 Å². The number of phosphoric ester groups is 2. The van der Waals surface area contributed by atoms with E-state index in [0.717, 1.165) is 108 Å². The standard InChI is InChI=1S/C76H148O17P2/c1-8-9-10-11-12-13-14-15-16-17-18-22-25-28-36-43-50-57-73(78)86-63-71(92-75(80)59-52-45-37-29-26-23-20-19-21-24-27-33-40-47-54-67(2)3)65-90-94(82,83)88-61-70(77)62-89-95(84,85)91-66-72(64-87-74(79)58-51-44-39-32-35-42-49-56-69(6)7)93-76(81)60-53-46-38-31-30-34-41-48-55-68(4)5/h67-72,77H,8-66H2,1-7H3,(H,82,83)(H,84,85)/t70-,71-,72-/m1/s1. The molecule has 17 nitrogen and oxygen atoms in total. The number of esters is 4. The Kier molecular flexibility index (Phi) is 65.2. The Morgan fingerprint density at radius 1 is 0.284 bits per heavy atom. The first-order chi connectivity index (χ1) is 45.7. The van der Waals surface area contributed by atoms with Crippen molar-refractivity contribution in [1.82, 2.24) is 0 Å². The Balaban J connectivity index is 5.23. The monoisotopic (exact) mass is 1400 g/mol. The molecule has 0 aliphatic carbocycles. The summed E-state index contributed by atoms with van der Waals surface area (Å²) in [5, 5.41) is 10.6. The number of hydrogen-bond acceptors (Lipinski definition) is 15. The van der Waals surface area contributed by atoms with E-state index >= 15 is 0 Å². The molecule has 0 heterocycles. The molecule has 2 unspecified atom stereocenters. The van der Waals surface area contributed by atoms with Crippen molar-refractivity contribution in [2.75, 3.05) is 39.6 Å². The van der Waals surface area contributed by atoms with Gasteiger partial charge in [0.1, 0.15) is 19.3 Å². The fourth-order valence-corrected chi connectivity index (χ4v) is 13.2. The normalized spacial score (nSPS) is 14.1. The lowest BCUT2D eigenvalue weighted by molar-refractivity contribution is -0.161. The molecule has 0 saturated heterocycles. The predicted octanol–water partition coefficient (Wildman–Crippen LogP) is 22.2. The number of carbonyl (C=O) groups is 4. The van der Waals surface area contributed by atoms with Crippen molar-refractivity contribution in [2.24, 2.45) is 17.8 Å². The molecule has 5 atom stereocenters. The smallest absolute Gasteiger partial charge is 0.462 e. The number of ether oxygens (including phenoxy) is 4. The highest BCUT2D eigenvalue weighted by molar-refractivity contribution is 7.47. The minimum Gasteiger partial charge on any atom is -0.462 e. The van der Waals surface area contributed by atoms with Gasteiger partial charge < -0.3 is 33.8 Å². The summed E-state index contributed by atoms with van der Waals surface area (Å²) in [4.78, 5) is 72.8. The lowest BCUT2D eigenvalue weighted by atomic mass is 10.0. The molecule has 0 aliphatic heterocycles. The molecule has 95 heavy (non-hydrogen) atoms. The first kappa shape index (κ1) is 93.1. The van der Waals surface area contributed by atoms with Gasteiger partial charge in [0.15, 0.2) is 12.2 Å². The van der Waals surface area contributed by atoms with Gasteiger partial charge in [-0.1, -0.05) is 337 Å². The van der Waals surface area contributed by atoms with Crippen molar-refractivity contribution >= 4 is 39.5 Å². The highest BCUT2D eigenvalue weighted by Crippen LogP contribution is 2.45. The van der Waals surface area contributed by atoms with Crippen LogP contribution in [-0.2, 0) is 65.4 Å². The topological polar surface area (TPSA) is 237 Å². The summed E-state index contributed by atoms with van der Waals surface area (Å²) < 4.78 is 68.5. The second-order valence-electron chi connectivity index (χ2n) is 28.8. The average Bonchev–Trinajstić information content (AvgIpc) is 3.65. The van der Waals surface area contributed by atoms with Crippen molar-refractivity contribution in [1.29, 1.82) is 0 Å². The zero-order chi connectivity index (χ0) is 70.1. The fourth-order valence-electron chi connectivity index (χ4n) is 11.6. The van der Waals surface area contributed by atoms with Gasteiger partial charge in [-0.2, -0.15) is 0 Å². The van der Waals surface area contributed by atoms with Crippen molar-refractivity contribution in [3.8, 4) is 0 Å². The van der Waals surface area contributed by atoms with Crippen LogP contribution in [0.4, 0.5) is 0 Å². The third-order valence-corrected chi connectivity index (χ3v) is 19.5. The minimum absolute atomic E-state index is 0.104. The molecule has 564 valence electrons. The molecular formula is C76H148O17P2. The Morgan fingerprint density at radius 3 is 0.716 bits per heavy atom. The van der Waals surface area contributed by atoms with E-state index in [4.69, 9.17) is 37.0 Å². The summed E-state index contributed by atoms with van der Waals surface area (Å²) in [5.74, 6) is 0.0982. The first-order valence-electron chi connectivity index (χ1n) is 39.3. The van der Waals surface area contributed by atoms with Crippen LogP contribution in [0, 0.1) is 17.8 Å². The molecule has 0 aromatic heterocycles. The summed E-state index contributed by atoms with van der Waals surface area (Å²) >= 11 is 0. The summed E-state index contributed by atoms with van der Waals surface area (Å²) in [6.07, 6.45) is 52.9. The number of aliphatic hydroxyl groups is 1. The second-order valence-corrected chi connectivity index (χ2v) is 31.7. The zero-order valence-corrected chi connectivity index (χ0v) is 63.9. The molecule has 0 saturated carbocycles. The molecule has 3 N–H and O–H groups in total. The molecular weight excluding hydrogens is 1250 g/mol. The van der Waals surface area contributed by atoms with E-state index in [1.54, 1.807) is 0 Å². The maximum atomic E-state index is 13.1. The van der Waals surface area contributed by atoms with E-state index < -0.39 is 97.5 Å². The van der Waals surface area contributed by atoms with Crippen molar-refractivity contribution in [3.63, 3.8) is 0 Å². The van der Waals surface area contributed by atoms with Gasteiger partial charge in [-0.3, -0.25) is 37.3 Å².